The molecule has 0 N–H and O–H groups in total. The van der Waals surface area contributed by atoms with Crippen LogP contribution in [-0.2, 0) is 6.42 Å². The summed E-state index contributed by atoms with van der Waals surface area (Å²) in [5.41, 5.74) is 12.1. The molecular weight excluding hydrogens is 562 g/mol. The molecule has 0 saturated carbocycles. The van der Waals surface area contributed by atoms with Crippen molar-refractivity contribution >= 4 is 54.6 Å². The van der Waals surface area contributed by atoms with Gasteiger partial charge >= 0.3 is 0 Å². The summed E-state index contributed by atoms with van der Waals surface area (Å²) in [5, 5.41) is 5.97. The number of para-hydroxylation sites is 3. The zero-order chi connectivity index (χ0) is 30.9. The van der Waals surface area contributed by atoms with Gasteiger partial charge in [0.25, 0.3) is 0 Å². The van der Waals surface area contributed by atoms with Crippen molar-refractivity contribution in [3.8, 4) is 22.6 Å². The average Bonchev–Trinajstić information content (AvgIpc) is 3.60. The molecule has 0 aliphatic carbocycles. The van der Waals surface area contributed by atoms with Gasteiger partial charge in [-0.05, 0) is 80.4 Å². The average molecular weight is 594 g/mol. The Hall–Kier alpha value is -5.81. The Bertz CT molecular complexity index is 2600. The van der Waals surface area contributed by atoms with Gasteiger partial charge in [-0.1, -0.05) is 73.7 Å². The Balaban J connectivity index is 1.32. The van der Waals surface area contributed by atoms with E-state index < -0.39 is 0 Å². The molecule has 9 aromatic rings. The van der Waals surface area contributed by atoms with Gasteiger partial charge in [0.1, 0.15) is 5.82 Å². The van der Waals surface area contributed by atoms with Crippen molar-refractivity contribution < 1.29 is 0 Å². The van der Waals surface area contributed by atoms with Crippen LogP contribution in [0.15, 0.2) is 121 Å². The highest BCUT2D eigenvalue weighted by Gasteiger charge is 2.20. The number of hydrogen-bond donors (Lipinski definition) is 0. The third-order valence-electron chi connectivity index (χ3n) is 9.31. The normalized spacial score (nSPS) is 11.9. The predicted molar refractivity (Wildman–Crippen MR) is 190 cm³/mol. The molecule has 0 saturated heterocycles. The Morgan fingerprint density at radius 3 is 1.85 bits per heavy atom. The van der Waals surface area contributed by atoms with Gasteiger partial charge in [-0.3, -0.25) is 0 Å². The maximum Gasteiger partial charge on any atom is 0.163 e. The summed E-state index contributed by atoms with van der Waals surface area (Å²) < 4.78 is 4.83. The third-order valence-corrected chi connectivity index (χ3v) is 9.31. The van der Waals surface area contributed by atoms with Crippen molar-refractivity contribution in [2.75, 3.05) is 0 Å². The molecule has 220 valence electrons. The summed E-state index contributed by atoms with van der Waals surface area (Å²) in [4.78, 5) is 14.4. The molecule has 0 amide bonds. The minimum Gasteiger partial charge on any atom is -0.309 e. The summed E-state index contributed by atoms with van der Waals surface area (Å²) in [6.07, 6.45) is 0.850. The Labute approximate surface area is 266 Å². The largest absolute Gasteiger partial charge is 0.309 e. The van der Waals surface area contributed by atoms with Crippen LogP contribution in [0.4, 0.5) is 0 Å². The lowest BCUT2D eigenvalue weighted by atomic mass is 9.97. The third kappa shape index (κ3) is 3.85. The topological polar surface area (TPSA) is 48.5 Å². The lowest BCUT2D eigenvalue weighted by Crippen LogP contribution is -2.04. The van der Waals surface area contributed by atoms with Gasteiger partial charge in [0.2, 0.25) is 0 Å². The lowest BCUT2D eigenvalue weighted by Gasteiger charge is -2.18. The van der Waals surface area contributed by atoms with Gasteiger partial charge in [-0.25, -0.2) is 15.0 Å². The second-order valence-electron chi connectivity index (χ2n) is 12.0. The van der Waals surface area contributed by atoms with Crippen LogP contribution in [0.5, 0.6) is 0 Å². The van der Waals surface area contributed by atoms with Crippen molar-refractivity contribution in [3.05, 3.63) is 138 Å². The highest BCUT2D eigenvalue weighted by atomic mass is 15.0. The van der Waals surface area contributed by atoms with E-state index in [1.807, 2.05) is 19.9 Å². The van der Waals surface area contributed by atoms with Crippen LogP contribution >= 0.6 is 0 Å². The van der Waals surface area contributed by atoms with E-state index in [0.29, 0.717) is 0 Å². The van der Waals surface area contributed by atoms with E-state index in [0.717, 1.165) is 45.9 Å². The molecule has 9 rings (SSSR count). The Kier molecular flexibility index (Phi) is 5.84. The van der Waals surface area contributed by atoms with Gasteiger partial charge in [0, 0.05) is 43.9 Å². The summed E-state index contributed by atoms with van der Waals surface area (Å²) in [6.45, 7) is 6.18. The van der Waals surface area contributed by atoms with Gasteiger partial charge in [-0.15, -0.1) is 0 Å². The smallest absolute Gasteiger partial charge is 0.163 e. The molecule has 0 spiro atoms. The van der Waals surface area contributed by atoms with E-state index in [1.165, 1.54) is 54.9 Å². The van der Waals surface area contributed by atoms with E-state index in [-0.39, 0.29) is 0 Å². The fourth-order valence-corrected chi connectivity index (χ4v) is 7.36. The molecule has 0 radical (unpaired) electrons. The summed E-state index contributed by atoms with van der Waals surface area (Å²) in [6, 6.07) is 43.8. The summed E-state index contributed by atoms with van der Waals surface area (Å²) in [5.74, 6) is 0.725. The van der Waals surface area contributed by atoms with Crippen LogP contribution in [0.25, 0.3) is 77.3 Å². The zero-order valence-corrected chi connectivity index (χ0v) is 26.0. The molecule has 4 aromatic heterocycles. The molecule has 5 nitrogen and oxygen atoms in total. The van der Waals surface area contributed by atoms with Gasteiger partial charge in [-0.2, -0.15) is 0 Å². The standard InChI is InChI=1S/C41H31N5/c1-4-28-32(40-33-22-20-25(2)42-41(33)44-26(3)43-40)15-11-19-35(28)46-38-18-10-7-14-31(38)34-24-27(21-23-39(34)46)45-36-16-8-5-12-29(36)30-13-6-9-17-37(30)45/h5-24H,4H2,1-3H3. The SMILES string of the molecule is CCc1c(-c2nc(C)nc3nc(C)ccc23)cccc1-n1c2ccccc2c2cc(-n3c4ccccc4c4ccccc43)ccc21. The molecule has 5 aromatic carbocycles. The summed E-state index contributed by atoms with van der Waals surface area (Å²) in [7, 11) is 0. The number of fused-ring (bicyclic) bond motifs is 7. The monoisotopic (exact) mass is 593 g/mol. The van der Waals surface area contributed by atoms with E-state index in [1.54, 1.807) is 0 Å². The van der Waals surface area contributed by atoms with Gasteiger partial charge in [0.15, 0.2) is 5.65 Å². The Morgan fingerprint density at radius 1 is 0.522 bits per heavy atom. The van der Waals surface area contributed by atoms with Gasteiger partial charge < -0.3 is 9.13 Å². The van der Waals surface area contributed by atoms with Crippen molar-refractivity contribution in [3.63, 3.8) is 0 Å². The van der Waals surface area contributed by atoms with E-state index >= 15 is 0 Å². The minimum atomic E-state index is 0.725. The molecule has 0 atom stereocenters. The maximum atomic E-state index is 4.98. The molecule has 0 unspecified atom stereocenters. The zero-order valence-electron chi connectivity index (χ0n) is 26.0. The first-order chi connectivity index (χ1) is 22.6. The number of hydrogen-bond acceptors (Lipinski definition) is 3. The van der Waals surface area contributed by atoms with E-state index in [2.05, 4.69) is 136 Å². The van der Waals surface area contributed by atoms with Crippen molar-refractivity contribution in [2.24, 2.45) is 0 Å². The highest BCUT2D eigenvalue weighted by molar-refractivity contribution is 6.12. The molecule has 4 heterocycles. The first kappa shape index (κ1) is 26.6. The highest BCUT2D eigenvalue weighted by Crippen LogP contribution is 2.39. The van der Waals surface area contributed by atoms with Crippen LogP contribution in [0, 0.1) is 13.8 Å². The number of aromatic nitrogens is 5. The van der Waals surface area contributed by atoms with Crippen LogP contribution in [0.3, 0.4) is 0 Å². The van der Waals surface area contributed by atoms with Crippen molar-refractivity contribution in [2.45, 2.75) is 27.2 Å². The number of benzene rings is 5. The fraction of sp³-hybridized carbons (Fsp3) is 0.0976. The first-order valence-electron chi connectivity index (χ1n) is 15.9. The van der Waals surface area contributed by atoms with Crippen molar-refractivity contribution in [1.29, 1.82) is 0 Å². The number of rotatable bonds is 4. The number of aryl methyl sites for hydroxylation is 2. The quantitative estimate of drug-likeness (QED) is 0.204. The lowest BCUT2D eigenvalue weighted by molar-refractivity contribution is 1.04. The molecular formula is C41H31N5. The molecule has 0 fully saturated rings. The van der Waals surface area contributed by atoms with Gasteiger partial charge in [0.05, 0.1) is 33.4 Å². The molecule has 0 bridgehead atoms. The van der Waals surface area contributed by atoms with Crippen LogP contribution in [0.2, 0.25) is 0 Å². The summed E-state index contributed by atoms with van der Waals surface area (Å²) >= 11 is 0. The number of pyridine rings is 1. The number of nitrogens with zero attached hydrogens (tertiary/aromatic N) is 5. The van der Waals surface area contributed by atoms with Crippen LogP contribution in [0.1, 0.15) is 24.0 Å². The maximum absolute atomic E-state index is 4.98. The molecule has 5 heteroatoms. The predicted octanol–water partition coefficient (Wildman–Crippen LogP) is 10.1. The van der Waals surface area contributed by atoms with E-state index in [9.17, 15) is 0 Å². The van der Waals surface area contributed by atoms with Crippen LogP contribution in [-0.4, -0.2) is 24.1 Å². The second-order valence-corrected chi connectivity index (χ2v) is 12.0. The first-order valence-corrected chi connectivity index (χ1v) is 15.9. The second kappa shape index (κ2) is 10.1. The van der Waals surface area contributed by atoms with E-state index in [4.69, 9.17) is 9.97 Å². The van der Waals surface area contributed by atoms with Crippen LogP contribution < -0.4 is 0 Å². The Morgan fingerprint density at radius 2 is 1.15 bits per heavy atom. The molecule has 0 aliphatic heterocycles. The van der Waals surface area contributed by atoms with Crippen molar-refractivity contribution in [1.82, 2.24) is 24.1 Å². The fourth-order valence-electron chi connectivity index (χ4n) is 7.36. The molecule has 0 aliphatic rings. The minimum absolute atomic E-state index is 0.725. The molecule has 46 heavy (non-hydrogen) atoms.